The molecule has 4 heteroatoms. The zero-order chi connectivity index (χ0) is 9.94. The Kier molecular flexibility index (Phi) is 9.80. The Labute approximate surface area is 88.1 Å². The Balaban J connectivity index is 3.64. The molecule has 0 amide bonds. The van der Waals surface area contributed by atoms with Crippen molar-refractivity contribution >= 4 is 0 Å². The van der Waals surface area contributed by atoms with Crippen LogP contribution in [-0.4, -0.2) is 19.6 Å². The number of nitrogens with one attached hydrogen (secondary N) is 3. The number of rotatable bonds is 9. The zero-order valence-electron chi connectivity index (χ0n) is 7.92. The van der Waals surface area contributed by atoms with Crippen LogP contribution in [0.25, 0.3) is 0 Å². The Hall–Kier alpha value is -0.160. The molecule has 0 fully saturated rings. The quantitative estimate of drug-likeness (QED) is 0.536. The van der Waals surface area contributed by atoms with Gasteiger partial charge in [0, 0.05) is 0 Å². The van der Waals surface area contributed by atoms with Crippen LogP contribution in [-0.2, 0) is 19.2 Å². The molecule has 0 bridgehead atoms. The molecule has 0 aliphatic heterocycles. The third-order valence-corrected chi connectivity index (χ3v) is 6.56. The summed E-state index contributed by atoms with van der Waals surface area (Å²) in [5, 5.41) is 0. The van der Waals surface area contributed by atoms with Gasteiger partial charge in [-0.2, -0.15) is 0 Å². The van der Waals surface area contributed by atoms with Crippen LogP contribution in [0.1, 0.15) is 0 Å². The van der Waals surface area contributed by atoms with E-state index < -0.39 is 19.2 Å². The second kappa shape index (κ2) is 9.92. The van der Waals surface area contributed by atoms with Crippen molar-refractivity contribution in [3.63, 3.8) is 0 Å². The van der Waals surface area contributed by atoms with E-state index in [0.717, 1.165) is 19.6 Å². The molecular weight excluding hydrogens is 331 g/mol. The van der Waals surface area contributed by atoms with Gasteiger partial charge in [-0.15, -0.1) is 0 Å². The fourth-order valence-electron chi connectivity index (χ4n) is 0.635. The first-order valence-electron chi connectivity index (χ1n) is 4.18. The van der Waals surface area contributed by atoms with Crippen LogP contribution in [0.15, 0.2) is 38.0 Å². The summed E-state index contributed by atoms with van der Waals surface area (Å²) in [7, 11) is 0. The molecule has 0 aromatic carbocycles. The fourth-order valence-corrected chi connectivity index (χ4v) is 5.20. The summed E-state index contributed by atoms with van der Waals surface area (Å²) >= 11 is -1.87. The van der Waals surface area contributed by atoms with E-state index in [2.05, 4.69) is 30.9 Å². The first-order chi connectivity index (χ1) is 6.35. The van der Waals surface area contributed by atoms with Crippen LogP contribution in [0.5, 0.6) is 0 Å². The zero-order valence-corrected chi connectivity index (χ0v) is 11.1. The van der Waals surface area contributed by atoms with Gasteiger partial charge >= 0.3 is 88.0 Å². The third kappa shape index (κ3) is 8.18. The van der Waals surface area contributed by atoms with Crippen molar-refractivity contribution < 1.29 is 19.2 Å². The van der Waals surface area contributed by atoms with Gasteiger partial charge in [0.15, 0.2) is 0 Å². The summed E-state index contributed by atoms with van der Waals surface area (Å²) in [5.74, 6) is 0. The molecule has 0 aromatic rings. The summed E-state index contributed by atoms with van der Waals surface area (Å²) in [5.41, 5.74) is 0. The molecule has 74 valence electrons. The molecule has 0 aliphatic rings. The van der Waals surface area contributed by atoms with E-state index in [1.54, 1.807) is 0 Å². The van der Waals surface area contributed by atoms with Crippen molar-refractivity contribution in [1.82, 2.24) is 11.2 Å². The van der Waals surface area contributed by atoms with E-state index >= 15 is 0 Å². The van der Waals surface area contributed by atoms with Crippen LogP contribution < -0.4 is 11.2 Å². The van der Waals surface area contributed by atoms with Crippen LogP contribution in [0.2, 0.25) is 0 Å². The van der Waals surface area contributed by atoms with Gasteiger partial charge in [0.05, 0.1) is 0 Å². The van der Waals surface area contributed by atoms with Crippen molar-refractivity contribution in [1.29, 1.82) is 0 Å². The molecule has 0 heterocycles. The molecule has 3 nitrogen and oxygen atoms in total. The molecule has 0 rings (SSSR count). The average molecular weight is 349 g/mol. The predicted molar refractivity (Wildman–Crippen MR) is 54.6 cm³/mol. The first-order valence-corrected chi connectivity index (χ1v) is 9.00. The molecule has 0 spiro atoms. The Morgan fingerprint density at radius 1 is 0.769 bits per heavy atom. The molecule has 3 N–H and O–H groups in total. The normalized spacial score (nSPS) is 9.92. The number of hydrogen-bond donors (Lipinski definition) is 3. The average Bonchev–Trinajstić information content (AvgIpc) is 2.17. The second-order valence-electron chi connectivity index (χ2n) is 2.29. The molecule has 0 saturated carbocycles. The molecular formula is C9H18N3Ta. The fraction of sp³-hybridized carbons (Fsp3) is 0.333. The van der Waals surface area contributed by atoms with Gasteiger partial charge in [-0.05, 0) is 0 Å². The van der Waals surface area contributed by atoms with E-state index in [-0.39, 0.29) is 0 Å². The van der Waals surface area contributed by atoms with Gasteiger partial charge < -0.3 is 0 Å². The van der Waals surface area contributed by atoms with E-state index in [0.29, 0.717) is 0 Å². The monoisotopic (exact) mass is 349 g/mol. The minimum absolute atomic E-state index is 0.853. The van der Waals surface area contributed by atoms with Crippen LogP contribution in [0.4, 0.5) is 0 Å². The molecule has 0 radical (unpaired) electrons. The second-order valence-corrected chi connectivity index (χ2v) is 8.11. The summed E-state index contributed by atoms with van der Waals surface area (Å²) < 4.78 is 10.2. The van der Waals surface area contributed by atoms with E-state index in [4.69, 9.17) is 0 Å². The van der Waals surface area contributed by atoms with E-state index in [9.17, 15) is 0 Å². The van der Waals surface area contributed by atoms with E-state index in [1.165, 1.54) is 0 Å². The maximum atomic E-state index is 3.67. The first kappa shape index (κ1) is 12.8. The van der Waals surface area contributed by atoms with Crippen LogP contribution in [0.3, 0.4) is 0 Å². The van der Waals surface area contributed by atoms with Crippen LogP contribution >= 0.6 is 0 Å². The van der Waals surface area contributed by atoms with Crippen LogP contribution in [0, 0.1) is 0 Å². The standard InChI is InChI=1S/3C3H6N.Ta/c3*1-2-3-4;/h3*2,4H,1,3H2;/q3*-1;+3. The summed E-state index contributed by atoms with van der Waals surface area (Å²) in [6.45, 7) is 13.6. The minimum atomic E-state index is -1.87. The van der Waals surface area contributed by atoms with Gasteiger partial charge in [-0.1, -0.05) is 0 Å². The Morgan fingerprint density at radius 2 is 1.08 bits per heavy atom. The third-order valence-electron chi connectivity index (χ3n) is 1.18. The molecule has 0 atom stereocenters. The van der Waals surface area contributed by atoms with Crippen molar-refractivity contribution in [2.24, 2.45) is 0 Å². The summed E-state index contributed by atoms with van der Waals surface area (Å²) in [4.78, 5) is 0. The van der Waals surface area contributed by atoms with E-state index in [1.807, 2.05) is 18.2 Å². The van der Waals surface area contributed by atoms with Gasteiger partial charge in [0.25, 0.3) is 0 Å². The molecule has 0 aliphatic carbocycles. The molecule has 0 unspecified atom stereocenters. The number of hydrogen-bond acceptors (Lipinski definition) is 3. The topological polar surface area (TPSA) is 36.1 Å². The van der Waals surface area contributed by atoms with Gasteiger partial charge in [-0.25, -0.2) is 0 Å². The summed E-state index contributed by atoms with van der Waals surface area (Å²) in [6, 6.07) is 0. The van der Waals surface area contributed by atoms with Gasteiger partial charge in [0.1, 0.15) is 0 Å². The van der Waals surface area contributed by atoms with Crippen molar-refractivity contribution in [3.8, 4) is 0 Å². The predicted octanol–water partition coefficient (Wildman–Crippen LogP) is 0.676. The molecule has 0 saturated heterocycles. The van der Waals surface area contributed by atoms with Crippen molar-refractivity contribution in [3.05, 3.63) is 38.0 Å². The Morgan fingerprint density at radius 3 is 1.31 bits per heavy atom. The molecule has 13 heavy (non-hydrogen) atoms. The van der Waals surface area contributed by atoms with Crippen molar-refractivity contribution in [2.45, 2.75) is 0 Å². The maximum absolute atomic E-state index is 3.67. The SMILES string of the molecule is C=CC[NH][Ta]([NH]CC=C)[NH]CC=C. The summed E-state index contributed by atoms with van der Waals surface area (Å²) in [6.07, 6.45) is 5.61. The van der Waals surface area contributed by atoms with Crippen molar-refractivity contribution in [2.75, 3.05) is 19.6 Å². The Bertz CT molecular complexity index is 130. The molecule has 0 aromatic heterocycles. The van der Waals surface area contributed by atoms with Gasteiger partial charge in [0.2, 0.25) is 0 Å². The van der Waals surface area contributed by atoms with Gasteiger partial charge in [-0.3, -0.25) is 0 Å².